The van der Waals surface area contributed by atoms with Gasteiger partial charge in [-0.2, -0.15) is 0 Å². The van der Waals surface area contributed by atoms with E-state index in [0.29, 0.717) is 17.1 Å². The van der Waals surface area contributed by atoms with Gasteiger partial charge in [0.25, 0.3) is 5.91 Å². The van der Waals surface area contributed by atoms with Gasteiger partial charge in [-0.1, -0.05) is 37.0 Å². The van der Waals surface area contributed by atoms with Crippen LogP contribution in [0.15, 0.2) is 30.6 Å². The van der Waals surface area contributed by atoms with Crippen molar-refractivity contribution in [1.29, 1.82) is 0 Å². The third kappa shape index (κ3) is 3.76. The van der Waals surface area contributed by atoms with Gasteiger partial charge in [0.1, 0.15) is 5.15 Å². The minimum atomic E-state index is -0.408. The highest BCUT2D eigenvalue weighted by Gasteiger charge is 2.26. The lowest BCUT2D eigenvalue weighted by atomic mass is 9.88. The molecular formula is C16H17Cl2N3O. The van der Waals surface area contributed by atoms with E-state index in [1.165, 1.54) is 0 Å². The van der Waals surface area contributed by atoms with Gasteiger partial charge in [0.05, 0.1) is 16.3 Å². The molecule has 0 fully saturated rings. The van der Waals surface area contributed by atoms with Crippen molar-refractivity contribution in [3.05, 3.63) is 57.6 Å². The molecule has 0 saturated heterocycles. The third-order valence-corrected chi connectivity index (χ3v) is 3.90. The lowest BCUT2D eigenvalue weighted by molar-refractivity contribution is 0.0945. The molecule has 0 aromatic carbocycles. The summed E-state index contributed by atoms with van der Waals surface area (Å²) in [6.45, 7) is 6.26. The molecule has 2 heterocycles. The predicted octanol–water partition coefficient (Wildman–Crippen LogP) is 3.80. The number of pyridine rings is 2. The van der Waals surface area contributed by atoms with Crippen molar-refractivity contribution in [1.82, 2.24) is 15.3 Å². The number of aryl methyl sites for hydroxylation is 1. The number of carbonyl (C=O) groups is 1. The monoisotopic (exact) mass is 337 g/mol. The van der Waals surface area contributed by atoms with Crippen LogP contribution in [0.1, 0.15) is 35.5 Å². The number of amides is 1. The molecule has 2 aromatic rings. The van der Waals surface area contributed by atoms with Gasteiger partial charge in [0, 0.05) is 24.4 Å². The van der Waals surface area contributed by atoms with Crippen LogP contribution in [0.25, 0.3) is 0 Å². The molecule has 0 aliphatic rings. The number of hydrogen-bond acceptors (Lipinski definition) is 3. The number of carbonyl (C=O) groups excluding carboxylic acids is 1. The molecule has 2 rings (SSSR count). The van der Waals surface area contributed by atoms with E-state index >= 15 is 0 Å². The smallest absolute Gasteiger partial charge is 0.254 e. The molecule has 0 atom stereocenters. The van der Waals surface area contributed by atoms with Crippen LogP contribution in [0.4, 0.5) is 0 Å². The van der Waals surface area contributed by atoms with Gasteiger partial charge >= 0.3 is 0 Å². The first-order chi connectivity index (χ1) is 10.3. The number of hydrogen-bond donors (Lipinski definition) is 1. The summed E-state index contributed by atoms with van der Waals surface area (Å²) >= 11 is 12.2. The Labute approximate surface area is 139 Å². The second-order valence-electron chi connectivity index (χ2n) is 5.75. The molecular weight excluding hydrogens is 321 g/mol. The van der Waals surface area contributed by atoms with Crippen molar-refractivity contribution in [2.24, 2.45) is 0 Å². The summed E-state index contributed by atoms with van der Waals surface area (Å²) in [5.74, 6) is -0.269. The van der Waals surface area contributed by atoms with Crippen LogP contribution < -0.4 is 5.32 Å². The Morgan fingerprint density at radius 1 is 1.32 bits per heavy atom. The van der Waals surface area contributed by atoms with Gasteiger partial charge in [0.2, 0.25) is 0 Å². The molecule has 4 nitrogen and oxygen atoms in total. The van der Waals surface area contributed by atoms with E-state index in [9.17, 15) is 4.79 Å². The second kappa shape index (κ2) is 6.63. The summed E-state index contributed by atoms with van der Waals surface area (Å²) in [5.41, 5.74) is 1.69. The van der Waals surface area contributed by atoms with Gasteiger partial charge in [-0.05, 0) is 30.7 Å². The van der Waals surface area contributed by atoms with E-state index in [-0.39, 0.29) is 11.1 Å². The van der Waals surface area contributed by atoms with Gasteiger partial charge in [-0.3, -0.25) is 9.78 Å². The summed E-state index contributed by atoms with van der Waals surface area (Å²) in [7, 11) is 0. The zero-order chi connectivity index (χ0) is 16.3. The Bertz CT molecular complexity index is 702. The lowest BCUT2D eigenvalue weighted by Gasteiger charge is -2.25. The first-order valence-electron chi connectivity index (χ1n) is 6.82. The summed E-state index contributed by atoms with van der Waals surface area (Å²) in [5, 5.41) is 3.64. The molecule has 1 N–H and O–H groups in total. The lowest BCUT2D eigenvalue weighted by Crippen LogP contribution is -2.37. The van der Waals surface area contributed by atoms with Crippen LogP contribution in [0, 0.1) is 6.92 Å². The number of aromatic nitrogens is 2. The largest absolute Gasteiger partial charge is 0.351 e. The maximum absolute atomic E-state index is 12.2. The zero-order valence-corrected chi connectivity index (χ0v) is 14.2. The van der Waals surface area contributed by atoms with Gasteiger partial charge in [-0.15, -0.1) is 0 Å². The highest BCUT2D eigenvalue weighted by atomic mass is 35.5. The van der Waals surface area contributed by atoms with Crippen molar-refractivity contribution in [3.63, 3.8) is 0 Å². The van der Waals surface area contributed by atoms with Crippen LogP contribution in [0.2, 0.25) is 10.2 Å². The minimum absolute atomic E-state index is 0.185. The topological polar surface area (TPSA) is 54.9 Å². The van der Waals surface area contributed by atoms with Crippen LogP contribution in [0.3, 0.4) is 0 Å². The fourth-order valence-corrected chi connectivity index (χ4v) is 2.75. The molecule has 0 aliphatic heterocycles. The summed E-state index contributed by atoms with van der Waals surface area (Å²) in [4.78, 5) is 20.5. The van der Waals surface area contributed by atoms with Gasteiger partial charge in [0.15, 0.2) is 0 Å². The maximum Gasteiger partial charge on any atom is 0.254 e. The first kappa shape index (κ1) is 16.7. The van der Waals surface area contributed by atoms with Crippen LogP contribution in [0.5, 0.6) is 0 Å². The fraction of sp³-hybridized carbons (Fsp3) is 0.312. The van der Waals surface area contributed by atoms with E-state index in [2.05, 4.69) is 15.3 Å². The van der Waals surface area contributed by atoms with E-state index < -0.39 is 5.41 Å². The number of rotatable bonds is 4. The molecule has 6 heteroatoms. The maximum atomic E-state index is 12.2. The first-order valence-corrected chi connectivity index (χ1v) is 7.58. The molecule has 1 amide bonds. The number of nitrogens with zero attached hydrogens (tertiary/aromatic N) is 2. The Morgan fingerprint density at radius 2 is 2.05 bits per heavy atom. The summed E-state index contributed by atoms with van der Waals surface area (Å²) in [6, 6.07) is 5.17. The minimum Gasteiger partial charge on any atom is -0.351 e. The van der Waals surface area contributed by atoms with E-state index in [0.717, 1.165) is 11.3 Å². The molecule has 2 aromatic heterocycles. The quantitative estimate of drug-likeness (QED) is 0.863. The van der Waals surface area contributed by atoms with E-state index in [1.807, 2.05) is 26.8 Å². The number of halogens is 2. The molecule has 22 heavy (non-hydrogen) atoms. The average Bonchev–Trinajstić information content (AvgIpc) is 2.45. The van der Waals surface area contributed by atoms with Crippen molar-refractivity contribution in [3.8, 4) is 0 Å². The summed E-state index contributed by atoms with van der Waals surface area (Å²) < 4.78 is 0. The molecule has 0 bridgehead atoms. The molecule has 0 aliphatic carbocycles. The molecule has 0 saturated carbocycles. The average molecular weight is 338 g/mol. The zero-order valence-electron chi connectivity index (χ0n) is 12.7. The van der Waals surface area contributed by atoms with Gasteiger partial charge in [-0.25, -0.2) is 4.98 Å². The third-order valence-electron chi connectivity index (χ3n) is 3.31. The summed E-state index contributed by atoms with van der Waals surface area (Å²) in [6.07, 6.45) is 3.31. The van der Waals surface area contributed by atoms with Crippen LogP contribution >= 0.6 is 23.2 Å². The second-order valence-corrected chi connectivity index (χ2v) is 6.52. The van der Waals surface area contributed by atoms with Crippen molar-refractivity contribution < 1.29 is 4.79 Å². The van der Waals surface area contributed by atoms with Crippen LogP contribution in [-0.4, -0.2) is 22.4 Å². The fourth-order valence-electron chi connectivity index (χ4n) is 2.07. The van der Waals surface area contributed by atoms with Gasteiger partial charge < -0.3 is 5.32 Å². The standard InChI is InChI=1S/C16H17Cl2N3O/c1-10-7-12(17)13(20-8-10)16(2,3)9-21-15(22)11-5-4-6-19-14(11)18/h4-8H,9H2,1-3H3,(H,21,22). The van der Waals surface area contributed by atoms with Crippen molar-refractivity contribution in [2.45, 2.75) is 26.2 Å². The Hall–Kier alpha value is -1.65. The SMILES string of the molecule is Cc1cnc(C(C)(C)CNC(=O)c2cccnc2Cl)c(Cl)c1. The highest BCUT2D eigenvalue weighted by Crippen LogP contribution is 2.28. The van der Waals surface area contributed by atoms with Crippen LogP contribution in [-0.2, 0) is 5.41 Å². The van der Waals surface area contributed by atoms with Crippen molar-refractivity contribution in [2.75, 3.05) is 6.54 Å². The Balaban J connectivity index is 2.13. The van der Waals surface area contributed by atoms with E-state index in [4.69, 9.17) is 23.2 Å². The Kier molecular flexibility index (Phi) is 5.04. The normalized spacial score (nSPS) is 11.3. The van der Waals surface area contributed by atoms with E-state index in [1.54, 1.807) is 24.5 Å². The molecule has 116 valence electrons. The molecule has 0 unspecified atom stereocenters. The highest BCUT2D eigenvalue weighted by molar-refractivity contribution is 6.32. The molecule has 0 radical (unpaired) electrons. The number of nitrogens with one attached hydrogen (secondary N) is 1. The van der Waals surface area contributed by atoms with Crippen molar-refractivity contribution >= 4 is 29.1 Å². The Morgan fingerprint density at radius 3 is 2.68 bits per heavy atom. The molecule has 0 spiro atoms. The predicted molar refractivity (Wildman–Crippen MR) is 88.6 cm³/mol.